The molecule has 0 aliphatic carbocycles. The van der Waals surface area contributed by atoms with Crippen LogP contribution in [0.15, 0.2) is 79.1 Å². The van der Waals surface area contributed by atoms with E-state index in [0.717, 1.165) is 29.7 Å². The van der Waals surface area contributed by atoms with Gasteiger partial charge >= 0.3 is 0 Å². The van der Waals surface area contributed by atoms with E-state index >= 15 is 0 Å². The third kappa shape index (κ3) is 4.53. The average Bonchev–Trinajstić information content (AvgIpc) is 2.64. The standard InChI is InChI=1S/C21H20N2O/c24-21(8-4-7-17-5-2-1-3-6-17)23-20-11-9-18(10-12-20)19-13-15-22-16-14-19/h1-3,5-6,9-16H,4,7-8H2,(H,23,24). The summed E-state index contributed by atoms with van der Waals surface area (Å²) in [6.45, 7) is 0. The average molecular weight is 316 g/mol. The number of anilines is 1. The molecule has 0 unspecified atom stereocenters. The van der Waals surface area contributed by atoms with Crippen molar-refractivity contribution in [3.05, 3.63) is 84.7 Å². The van der Waals surface area contributed by atoms with Crippen molar-refractivity contribution in [3.63, 3.8) is 0 Å². The molecule has 0 saturated carbocycles. The summed E-state index contributed by atoms with van der Waals surface area (Å²) >= 11 is 0. The second kappa shape index (κ2) is 8.06. The number of carbonyl (C=O) groups is 1. The molecule has 3 heteroatoms. The predicted octanol–water partition coefficient (Wildman–Crippen LogP) is 4.71. The number of rotatable bonds is 6. The van der Waals surface area contributed by atoms with E-state index in [9.17, 15) is 4.79 Å². The number of nitrogens with zero attached hydrogens (tertiary/aromatic N) is 1. The molecule has 0 spiro atoms. The monoisotopic (exact) mass is 316 g/mol. The SMILES string of the molecule is O=C(CCCc1ccccc1)Nc1ccc(-c2ccncc2)cc1. The topological polar surface area (TPSA) is 42.0 Å². The number of benzene rings is 2. The van der Waals surface area contributed by atoms with Crippen LogP contribution in [0.2, 0.25) is 0 Å². The molecule has 0 fully saturated rings. The molecule has 0 aliphatic heterocycles. The number of carbonyl (C=O) groups excluding carboxylic acids is 1. The van der Waals surface area contributed by atoms with Gasteiger partial charge in [0.2, 0.25) is 5.91 Å². The quantitative estimate of drug-likeness (QED) is 0.715. The molecule has 1 amide bonds. The van der Waals surface area contributed by atoms with Crippen LogP contribution in [0.1, 0.15) is 18.4 Å². The van der Waals surface area contributed by atoms with Crippen LogP contribution in [0.4, 0.5) is 5.69 Å². The molecular formula is C21H20N2O. The van der Waals surface area contributed by atoms with Gasteiger partial charge in [-0.2, -0.15) is 0 Å². The zero-order chi connectivity index (χ0) is 16.6. The van der Waals surface area contributed by atoms with Crippen molar-refractivity contribution in [1.29, 1.82) is 0 Å². The van der Waals surface area contributed by atoms with Gasteiger partial charge in [-0.3, -0.25) is 9.78 Å². The van der Waals surface area contributed by atoms with E-state index in [1.807, 2.05) is 54.6 Å². The summed E-state index contributed by atoms with van der Waals surface area (Å²) in [5.74, 6) is 0.0580. The van der Waals surface area contributed by atoms with Crippen LogP contribution in [-0.4, -0.2) is 10.9 Å². The number of amides is 1. The van der Waals surface area contributed by atoms with Crippen LogP contribution < -0.4 is 5.32 Å². The zero-order valence-electron chi connectivity index (χ0n) is 13.5. The molecule has 3 nitrogen and oxygen atoms in total. The van der Waals surface area contributed by atoms with Crippen molar-refractivity contribution in [1.82, 2.24) is 4.98 Å². The Morgan fingerprint density at radius 3 is 2.21 bits per heavy atom. The first-order valence-corrected chi connectivity index (χ1v) is 8.15. The third-order valence-electron chi connectivity index (χ3n) is 3.89. The highest BCUT2D eigenvalue weighted by Gasteiger charge is 2.03. The summed E-state index contributed by atoms with van der Waals surface area (Å²) in [6, 6.07) is 22.1. The van der Waals surface area contributed by atoms with Crippen molar-refractivity contribution >= 4 is 11.6 Å². The maximum atomic E-state index is 12.0. The summed E-state index contributed by atoms with van der Waals surface area (Å²) in [7, 11) is 0. The summed E-state index contributed by atoms with van der Waals surface area (Å²) < 4.78 is 0. The molecule has 0 bridgehead atoms. The number of aromatic nitrogens is 1. The lowest BCUT2D eigenvalue weighted by Gasteiger charge is -2.07. The van der Waals surface area contributed by atoms with Gasteiger partial charge in [-0.25, -0.2) is 0 Å². The molecule has 0 aliphatic rings. The maximum Gasteiger partial charge on any atom is 0.224 e. The van der Waals surface area contributed by atoms with Crippen LogP contribution in [-0.2, 0) is 11.2 Å². The summed E-state index contributed by atoms with van der Waals surface area (Å²) in [5.41, 5.74) is 4.33. The highest BCUT2D eigenvalue weighted by atomic mass is 16.1. The Morgan fingerprint density at radius 2 is 1.50 bits per heavy atom. The second-order valence-corrected chi connectivity index (χ2v) is 5.70. The first-order chi connectivity index (χ1) is 11.8. The smallest absolute Gasteiger partial charge is 0.224 e. The van der Waals surface area contributed by atoms with Gasteiger partial charge in [0.15, 0.2) is 0 Å². The fourth-order valence-corrected chi connectivity index (χ4v) is 2.61. The Kier molecular flexibility index (Phi) is 5.36. The van der Waals surface area contributed by atoms with Gasteiger partial charge in [0, 0.05) is 24.5 Å². The van der Waals surface area contributed by atoms with E-state index in [4.69, 9.17) is 0 Å². The maximum absolute atomic E-state index is 12.0. The molecule has 1 heterocycles. The largest absolute Gasteiger partial charge is 0.326 e. The Hall–Kier alpha value is -2.94. The van der Waals surface area contributed by atoms with Crippen molar-refractivity contribution in [3.8, 4) is 11.1 Å². The number of hydrogen-bond acceptors (Lipinski definition) is 2. The predicted molar refractivity (Wildman–Crippen MR) is 97.7 cm³/mol. The highest BCUT2D eigenvalue weighted by molar-refractivity contribution is 5.90. The van der Waals surface area contributed by atoms with Gasteiger partial charge in [-0.15, -0.1) is 0 Å². The Bertz CT molecular complexity index is 768. The molecule has 3 aromatic rings. The molecule has 3 rings (SSSR count). The van der Waals surface area contributed by atoms with Crippen molar-refractivity contribution < 1.29 is 4.79 Å². The minimum absolute atomic E-state index is 0.0580. The van der Waals surface area contributed by atoms with Crippen molar-refractivity contribution in [2.45, 2.75) is 19.3 Å². The molecule has 24 heavy (non-hydrogen) atoms. The van der Waals surface area contributed by atoms with Crippen LogP contribution in [0.5, 0.6) is 0 Å². The van der Waals surface area contributed by atoms with Gasteiger partial charge < -0.3 is 5.32 Å². The minimum Gasteiger partial charge on any atom is -0.326 e. The summed E-state index contributed by atoms with van der Waals surface area (Å²) in [4.78, 5) is 16.1. The van der Waals surface area contributed by atoms with E-state index in [0.29, 0.717) is 6.42 Å². The van der Waals surface area contributed by atoms with E-state index in [-0.39, 0.29) is 5.91 Å². The van der Waals surface area contributed by atoms with Gasteiger partial charge in [-0.05, 0) is 53.8 Å². The van der Waals surface area contributed by atoms with E-state index in [1.54, 1.807) is 12.4 Å². The van der Waals surface area contributed by atoms with Crippen LogP contribution in [0.25, 0.3) is 11.1 Å². The van der Waals surface area contributed by atoms with E-state index < -0.39 is 0 Å². The summed E-state index contributed by atoms with van der Waals surface area (Å²) in [5, 5.41) is 2.96. The van der Waals surface area contributed by atoms with E-state index in [2.05, 4.69) is 22.4 Å². The number of aryl methyl sites for hydroxylation is 1. The Labute approximate surface area is 142 Å². The van der Waals surface area contributed by atoms with Gasteiger partial charge in [0.25, 0.3) is 0 Å². The third-order valence-corrected chi connectivity index (χ3v) is 3.89. The van der Waals surface area contributed by atoms with Crippen LogP contribution >= 0.6 is 0 Å². The molecule has 0 atom stereocenters. The van der Waals surface area contributed by atoms with Gasteiger partial charge in [0.05, 0.1) is 0 Å². The highest BCUT2D eigenvalue weighted by Crippen LogP contribution is 2.20. The molecule has 120 valence electrons. The number of hydrogen-bond donors (Lipinski definition) is 1. The lowest BCUT2D eigenvalue weighted by Crippen LogP contribution is -2.11. The zero-order valence-corrected chi connectivity index (χ0v) is 13.5. The van der Waals surface area contributed by atoms with Gasteiger partial charge in [0.1, 0.15) is 0 Å². The minimum atomic E-state index is 0.0580. The first-order valence-electron chi connectivity index (χ1n) is 8.15. The Balaban J connectivity index is 1.49. The van der Waals surface area contributed by atoms with Crippen LogP contribution in [0, 0.1) is 0 Å². The van der Waals surface area contributed by atoms with Crippen LogP contribution in [0.3, 0.4) is 0 Å². The van der Waals surface area contributed by atoms with Crippen molar-refractivity contribution in [2.75, 3.05) is 5.32 Å². The van der Waals surface area contributed by atoms with Crippen molar-refractivity contribution in [2.24, 2.45) is 0 Å². The Morgan fingerprint density at radius 1 is 0.833 bits per heavy atom. The number of pyridine rings is 1. The molecule has 0 radical (unpaired) electrons. The normalized spacial score (nSPS) is 10.3. The fourth-order valence-electron chi connectivity index (χ4n) is 2.61. The fraction of sp³-hybridized carbons (Fsp3) is 0.143. The first kappa shape index (κ1) is 15.9. The lowest BCUT2D eigenvalue weighted by molar-refractivity contribution is -0.116. The van der Waals surface area contributed by atoms with E-state index in [1.165, 1.54) is 5.56 Å². The number of nitrogens with one attached hydrogen (secondary N) is 1. The molecule has 0 saturated heterocycles. The molecule has 1 aromatic heterocycles. The molecule has 1 N–H and O–H groups in total. The summed E-state index contributed by atoms with van der Waals surface area (Å²) in [6.07, 6.45) is 5.86. The second-order valence-electron chi connectivity index (χ2n) is 5.70. The molecular weight excluding hydrogens is 296 g/mol. The molecule has 2 aromatic carbocycles. The lowest BCUT2D eigenvalue weighted by atomic mass is 10.1. The van der Waals surface area contributed by atoms with Gasteiger partial charge in [-0.1, -0.05) is 42.5 Å².